The first-order chi connectivity index (χ1) is 14.0. The van der Waals surface area contributed by atoms with Gasteiger partial charge in [0.15, 0.2) is 11.9 Å². The Morgan fingerprint density at radius 2 is 1.83 bits per heavy atom. The molecular weight excluding hydrogens is 372 g/mol. The maximum atomic E-state index is 12.6. The van der Waals surface area contributed by atoms with Gasteiger partial charge in [-0.1, -0.05) is 18.9 Å². The van der Waals surface area contributed by atoms with Crippen LogP contribution in [0.1, 0.15) is 59.1 Å². The number of nitrogens with zero attached hydrogens (tertiary/aromatic N) is 1. The molecule has 154 valence electrons. The van der Waals surface area contributed by atoms with Gasteiger partial charge in [-0.25, -0.2) is 4.79 Å². The minimum atomic E-state index is -0.858. The van der Waals surface area contributed by atoms with Crippen molar-refractivity contribution in [1.82, 2.24) is 4.90 Å². The van der Waals surface area contributed by atoms with Crippen molar-refractivity contribution in [1.29, 1.82) is 0 Å². The van der Waals surface area contributed by atoms with Crippen molar-refractivity contribution in [2.75, 3.05) is 18.4 Å². The maximum absolute atomic E-state index is 12.6. The highest BCUT2D eigenvalue weighted by Crippen LogP contribution is 2.20. The molecule has 1 atom stereocenters. The molecule has 0 unspecified atom stereocenters. The predicted molar refractivity (Wildman–Crippen MR) is 108 cm³/mol. The van der Waals surface area contributed by atoms with Crippen molar-refractivity contribution in [3.05, 3.63) is 53.5 Å². The van der Waals surface area contributed by atoms with E-state index < -0.39 is 18.0 Å². The Balaban J connectivity index is 1.65. The highest BCUT2D eigenvalue weighted by molar-refractivity contribution is 6.03. The van der Waals surface area contributed by atoms with E-state index in [1.54, 1.807) is 42.2 Å². The van der Waals surface area contributed by atoms with Gasteiger partial charge in [-0.05, 0) is 56.5 Å². The molecule has 1 N–H and O–H groups in total. The third-order valence-corrected chi connectivity index (χ3v) is 5.02. The lowest BCUT2D eigenvalue weighted by Crippen LogP contribution is -2.40. The molecule has 0 saturated carbocycles. The molecule has 0 spiro atoms. The Bertz CT molecular complexity index is 867. The number of esters is 1. The number of aryl methyl sites for hydroxylation is 1. The SMILES string of the molecule is Cc1ccc(C(=O)O[C@H](C)C(=O)N2CCCCCC2)cc1NC(=O)c1ccco1. The summed E-state index contributed by atoms with van der Waals surface area (Å²) in [6, 6.07) is 8.05. The van der Waals surface area contributed by atoms with E-state index in [0.29, 0.717) is 18.8 Å². The average molecular weight is 398 g/mol. The molecule has 0 aliphatic carbocycles. The van der Waals surface area contributed by atoms with E-state index in [0.717, 1.165) is 31.2 Å². The highest BCUT2D eigenvalue weighted by atomic mass is 16.5. The summed E-state index contributed by atoms with van der Waals surface area (Å²) in [6.45, 7) is 4.82. The molecule has 7 heteroatoms. The van der Waals surface area contributed by atoms with Crippen molar-refractivity contribution in [2.45, 2.75) is 45.6 Å². The van der Waals surface area contributed by atoms with E-state index in [2.05, 4.69) is 5.32 Å². The Labute approximate surface area is 170 Å². The quantitative estimate of drug-likeness (QED) is 0.774. The van der Waals surface area contributed by atoms with Crippen LogP contribution < -0.4 is 5.32 Å². The molecule has 1 fully saturated rings. The van der Waals surface area contributed by atoms with Gasteiger partial charge in [-0.15, -0.1) is 0 Å². The lowest BCUT2D eigenvalue weighted by Gasteiger charge is -2.24. The van der Waals surface area contributed by atoms with Gasteiger partial charge in [-0.3, -0.25) is 9.59 Å². The average Bonchev–Trinajstić information content (AvgIpc) is 3.12. The van der Waals surface area contributed by atoms with E-state index in [1.165, 1.54) is 6.26 Å². The number of hydrogen-bond donors (Lipinski definition) is 1. The minimum Gasteiger partial charge on any atom is -0.459 e. The number of amides is 2. The van der Waals surface area contributed by atoms with Gasteiger partial charge in [-0.2, -0.15) is 0 Å². The number of rotatable bonds is 5. The molecule has 0 radical (unpaired) electrons. The maximum Gasteiger partial charge on any atom is 0.338 e. The number of carbonyl (C=O) groups excluding carboxylic acids is 3. The summed E-state index contributed by atoms with van der Waals surface area (Å²) in [5, 5.41) is 2.73. The first-order valence-electron chi connectivity index (χ1n) is 9.91. The summed E-state index contributed by atoms with van der Waals surface area (Å²) in [5.41, 5.74) is 1.53. The van der Waals surface area contributed by atoms with Crippen LogP contribution in [0, 0.1) is 6.92 Å². The number of nitrogens with one attached hydrogen (secondary N) is 1. The zero-order valence-electron chi connectivity index (χ0n) is 16.8. The van der Waals surface area contributed by atoms with Crippen LogP contribution >= 0.6 is 0 Å². The first-order valence-corrected chi connectivity index (χ1v) is 9.91. The molecule has 2 amide bonds. The number of furan rings is 1. The van der Waals surface area contributed by atoms with Gasteiger partial charge in [0.05, 0.1) is 11.8 Å². The number of benzene rings is 1. The van der Waals surface area contributed by atoms with Gasteiger partial charge in [0.25, 0.3) is 11.8 Å². The zero-order valence-corrected chi connectivity index (χ0v) is 16.8. The largest absolute Gasteiger partial charge is 0.459 e. The molecule has 2 aromatic rings. The standard InChI is InChI=1S/C22H26N2O5/c1-15-9-10-17(14-18(15)23-20(25)19-8-7-13-28-19)22(27)29-16(2)21(26)24-11-5-3-4-6-12-24/h7-10,13-14,16H,3-6,11-12H2,1-2H3,(H,23,25)/t16-/m1/s1. The molecule has 7 nitrogen and oxygen atoms in total. The van der Waals surface area contributed by atoms with Crippen LogP contribution in [0.5, 0.6) is 0 Å². The van der Waals surface area contributed by atoms with Gasteiger partial charge >= 0.3 is 5.97 Å². The zero-order chi connectivity index (χ0) is 20.8. The molecule has 3 rings (SSSR count). The molecule has 1 saturated heterocycles. The fraction of sp³-hybridized carbons (Fsp3) is 0.409. The van der Waals surface area contributed by atoms with E-state index in [-0.39, 0.29) is 17.2 Å². The molecule has 1 aromatic carbocycles. The minimum absolute atomic E-state index is 0.168. The second-order valence-electron chi connectivity index (χ2n) is 7.25. The summed E-state index contributed by atoms with van der Waals surface area (Å²) in [6.07, 6.45) is 4.74. The van der Waals surface area contributed by atoms with Gasteiger partial charge in [0, 0.05) is 18.8 Å². The number of likely N-dealkylation sites (tertiary alicyclic amines) is 1. The number of ether oxygens (including phenoxy) is 1. The van der Waals surface area contributed by atoms with Crippen molar-refractivity contribution < 1.29 is 23.5 Å². The smallest absolute Gasteiger partial charge is 0.338 e. The van der Waals surface area contributed by atoms with Crippen molar-refractivity contribution in [2.24, 2.45) is 0 Å². The van der Waals surface area contributed by atoms with Crippen LogP contribution in [0.4, 0.5) is 5.69 Å². The Morgan fingerprint density at radius 1 is 1.10 bits per heavy atom. The van der Waals surface area contributed by atoms with Crippen LogP contribution in [0.25, 0.3) is 0 Å². The number of hydrogen-bond acceptors (Lipinski definition) is 5. The molecule has 2 heterocycles. The number of anilines is 1. The summed E-state index contributed by atoms with van der Waals surface area (Å²) in [5.74, 6) is -1.00. The lowest BCUT2D eigenvalue weighted by molar-refractivity contribution is -0.139. The molecular formula is C22H26N2O5. The Morgan fingerprint density at radius 3 is 2.48 bits per heavy atom. The lowest BCUT2D eigenvalue weighted by atomic mass is 10.1. The monoisotopic (exact) mass is 398 g/mol. The van der Waals surface area contributed by atoms with Crippen LogP contribution in [0.3, 0.4) is 0 Å². The summed E-state index contributed by atoms with van der Waals surface area (Å²) < 4.78 is 10.5. The Hall–Kier alpha value is -3.09. The topological polar surface area (TPSA) is 88.9 Å². The summed E-state index contributed by atoms with van der Waals surface area (Å²) in [4.78, 5) is 39.1. The summed E-state index contributed by atoms with van der Waals surface area (Å²) in [7, 11) is 0. The second-order valence-corrected chi connectivity index (χ2v) is 7.25. The van der Waals surface area contributed by atoms with Gasteiger partial charge in [0.1, 0.15) is 0 Å². The second kappa shape index (κ2) is 9.41. The van der Waals surface area contributed by atoms with Crippen LogP contribution in [-0.4, -0.2) is 41.9 Å². The molecule has 0 bridgehead atoms. The summed E-state index contributed by atoms with van der Waals surface area (Å²) >= 11 is 0. The normalized spacial score (nSPS) is 15.3. The molecule has 1 aromatic heterocycles. The molecule has 29 heavy (non-hydrogen) atoms. The first kappa shape index (κ1) is 20.6. The third-order valence-electron chi connectivity index (χ3n) is 5.02. The van der Waals surface area contributed by atoms with Crippen molar-refractivity contribution in [3.8, 4) is 0 Å². The van der Waals surface area contributed by atoms with E-state index >= 15 is 0 Å². The van der Waals surface area contributed by atoms with E-state index in [4.69, 9.17) is 9.15 Å². The van der Waals surface area contributed by atoms with Crippen LogP contribution in [0.2, 0.25) is 0 Å². The van der Waals surface area contributed by atoms with Crippen molar-refractivity contribution >= 4 is 23.5 Å². The van der Waals surface area contributed by atoms with Crippen LogP contribution in [-0.2, 0) is 9.53 Å². The van der Waals surface area contributed by atoms with E-state index in [9.17, 15) is 14.4 Å². The van der Waals surface area contributed by atoms with Gasteiger partial charge in [0.2, 0.25) is 0 Å². The predicted octanol–water partition coefficient (Wildman–Crippen LogP) is 3.79. The fourth-order valence-corrected chi connectivity index (χ4v) is 3.30. The highest BCUT2D eigenvalue weighted by Gasteiger charge is 2.25. The van der Waals surface area contributed by atoms with E-state index in [1.807, 2.05) is 6.92 Å². The Kier molecular flexibility index (Phi) is 6.69. The van der Waals surface area contributed by atoms with Crippen molar-refractivity contribution in [3.63, 3.8) is 0 Å². The molecule has 1 aliphatic heterocycles. The van der Waals surface area contributed by atoms with Gasteiger partial charge < -0.3 is 19.4 Å². The van der Waals surface area contributed by atoms with Crippen LogP contribution in [0.15, 0.2) is 41.0 Å². The molecule has 1 aliphatic rings. The fourth-order valence-electron chi connectivity index (χ4n) is 3.30. The number of carbonyl (C=O) groups is 3. The third kappa shape index (κ3) is 5.25.